The smallest absolute Gasteiger partial charge is 0.306 e. The minimum atomic E-state index is -0.423. The van der Waals surface area contributed by atoms with Gasteiger partial charge in [0.2, 0.25) is 5.75 Å². The summed E-state index contributed by atoms with van der Waals surface area (Å²) in [5, 5.41) is 2.85. The molecule has 0 spiro atoms. The van der Waals surface area contributed by atoms with E-state index < -0.39 is 5.97 Å². The molecule has 0 radical (unpaired) electrons. The van der Waals surface area contributed by atoms with Gasteiger partial charge in [-0.05, 0) is 49.8 Å². The van der Waals surface area contributed by atoms with Gasteiger partial charge in [0.1, 0.15) is 0 Å². The Morgan fingerprint density at radius 2 is 1.73 bits per heavy atom. The zero-order valence-corrected chi connectivity index (χ0v) is 15.8. The molecular formula is C19H27NO6. The predicted molar refractivity (Wildman–Crippen MR) is 95.7 cm³/mol. The molecule has 1 aliphatic rings. The quantitative estimate of drug-likeness (QED) is 0.640. The lowest BCUT2D eigenvalue weighted by molar-refractivity contribution is -0.148. The van der Waals surface area contributed by atoms with Crippen molar-refractivity contribution < 1.29 is 28.5 Å². The third-order valence-corrected chi connectivity index (χ3v) is 4.42. The Morgan fingerprint density at radius 1 is 1.12 bits per heavy atom. The summed E-state index contributed by atoms with van der Waals surface area (Å²) in [4.78, 5) is 23.7. The Morgan fingerprint density at radius 3 is 2.23 bits per heavy atom. The minimum absolute atomic E-state index is 0.139. The number of benzene rings is 1. The second-order valence-electron chi connectivity index (χ2n) is 6.39. The summed E-state index contributed by atoms with van der Waals surface area (Å²) in [5.74, 6) is 1.45. The van der Waals surface area contributed by atoms with Gasteiger partial charge in [-0.2, -0.15) is 0 Å². The maximum Gasteiger partial charge on any atom is 0.306 e. The predicted octanol–water partition coefficient (Wildman–Crippen LogP) is 2.10. The first-order valence-corrected chi connectivity index (χ1v) is 8.72. The molecule has 0 aromatic heterocycles. The number of hydrogen-bond donors (Lipinski definition) is 1. The van der Waals surface area contributed by atoms with Crippen molar-refractivity contribution in [1.29, 1.82) is 0 Å². The van der Waals surface area contributed by atoms with Crippen molar-refractivity contribution >= 4 is 11.9 Å². The Hall–Kier alpha value is -2.44. The van der Waals surface area contributed by atoms with Crippen LogP contribution in [0, 0.1) is 5.92 Å². The standard InChI is InChI=1S/C19H27NO6/c1-12(14-6-7-14)20-17(21)11-26-18(22)8-5-13-9-15(23-2)19(25-4)16(10-13)24-3/h9-10,12,14H,5-8,11H2,1-4H3,(H,20,21)/t12-/m1/s1. The second-order valence-corrected chi connectivity index (χ2v) is 6.39. The van der Waals surface area contributed by atoms with Gasteiger partial charge < -0.3 is 24.3 Å². The fourth-order valence-corrected chi connectivity index (χ4v) is 2.75. The first-order valence-electron chi connectivity index (χ1n) is 8.72. The van der Waals surface area contributed by atoms with Crippen LogP contribution in [0.1, 0.15) is 31.7 Å². The van der Waals surface area contributed by atoms with Crippen LogP contribution in [0.3, 0.4) is 0 Å². The number of ether oxygens (including phenoxy) is 4. The lowest BCUT2D eigenvalue weighted by atomic mass is 10.1. The number of hydrogen-bond acceptors (Lipinski definition) is 6. The van der Waals surface area contributed by atoms with Crippen molar-refractivity contribution in [2.45, 2.75) is 38.6 Å². The molecule has 0 bridgehead atoms. The number of carbonyl (C=O) groups is 2. The summed E-state index contributed by atoms with van der Waals surface area (Å²) in [7, 11) is 4.61. The molecule has 1 atom stereocenters. The van der Waals surface area contributed by atoms with Crippen molar-refractivity contribution in [3.8, 4) is 17.2 Å². The summed E-state index contributed by atoms with van der Waals surface area (Å²) in [6.45, 7) is 1.73. The normalized spacial score (nSPS) is 14.3. The average molecular weight is 365 g/mol. The topological polar surface area (TPSA) is 83.1 Å². The van der Waals surface area contributed by atoms with Crippen LogP contribution in [0.25, 0.3) is 0 Å². The number of amides is 1. The molecule has 1 saturated carbocycles. The monoisotopic (exact) mass is 365 g/mol. The number of rotatable bonds is 10. The van der Waals surface area contributed by atoms with Crippen molar-refractivity contribution in [3.63, 3.8) is 0 Å². The molecule has 7 nitrogen and oxygen atoms in total. The Balaban J connectivity index is 1.81. The van der Waals surface area contributed by atoms with Gasteiger partial charge in [-0.3, -0.25) is 9.59 Å². The van der Waals surface area contributed by atoms with Crippen LogP contribution >= 0.6 is 0 Å². The number of methoxy groups -OCH3 is 3. The molecule has 1 amide bonds. The highest BCUT2D eigenvalue weighted by Crippen LogP contribution is 2.38. The average Bonchev–Trinajstić information content (AvgIpc) is 3.48. The fourth-order valence-electron chi connectivity index (χ4n) is 2.75. The van der Waals surface area contributed by atoms with Crippen LogP contribution < -0.4 is 19.5 Å². The van der Waals surface area contributed by atoms with E-state index in [1.54, 1.807) is 12.1 Å². The molecule has 0 aliphatic heterocycles. The third-order valence-electron chi connectivity index (χ3n) is 4.42. The molecule has 26 heavy (non-hydrogen) atoms. The number of carbonyl (C=O) groups excluding carboxylic acids is 2. The first-order chi connectivity index (χ1) is 12.5. The Labute approximate surface area is 153 Å². The summed E-state index contributed by atoms with van der Waals surface area (Å²) in [5.41, 5.74) is 0.850. The van der Waals surface area contributed by atoms with Crippen molar-refractivity contribution in [3.05, 3.63) is 17.7 Å². The van der Waals surface area contributed by atoms with Crippen LogP contribution in [0.15, 0.2) is 12.1 Å². The summed E-state index contributed by atoms with van der Waals surface area (Å²) < 4.78 is 20.9. The number of nitrogens with one attached hydrogen (secondary N) is 1. The van der Waals surface area contributed by atoms with E-state index in [2.05, 4.69) is 5.32 Å². The van der Waals surface area contributed by atoms with Gasteiger partial charge in [0.25, 0.3) is 5.91 Å². The highest BCUT2D eigenvalue weighted by atomic mass is 16.5. The van der Waals surface area contributed by atoms with Crippen molar-refractivity contribution in [2.75, 3.05) is 27.9 Å². The fraction of sp³-hybridized carbons (Fsp3) is 0.579. The zero-order valence-electron chi connectivity index (χ0n) is 15.8. The van der Waals surface area contributed by atoms with Crippen molar-refractivity contribution in [1.82, 2.24) is 5.32 Å². The van der Waals surface area contributed by atoms with Crippen LogP contribution in [-0.4, -0.2) is 45.9 Å². The van der Waals surface area contributed by atoms with Crippen LogP contribution in [0.4, 0.5) is 0 Å². The van der Waals surface area contributed by atoms with E-state index >= 15 is 0 Å². The van der Waals surface area contributed by atoms with Gasteiger partial charge in [0.05, 0.1) is 21.3 Å². The van der Waals surface area contributed by atoms with Gasteiger partial charge in [-0.15, -0.1) is 0 Å². The van der Waals surface area contributed by atoms with E-state index in [1.165, 1.54) is 21.3 Å². The van der Waals surface area contributed by atoms with Gasteiger partial charge in [-0.25, -0.2) is 0 Å². The van der Waals surface area contributed by atoms with Crippen molar-refractivity contribution in [2.24, 2.45) is 5.92 Å². The number of esters is 1. The molecule has 1 N–H and O–H groups in total. The largest absolute Gasteiger partial charge is 0.493 e. The Bertz CT molecular complexity index is 616. The van der Waals surface area contributed by atoms with Gasteiger partial charge in [0.15, 0.2) is 18.1 Å². The van der Waals surface area contributed by atoms with E-state index in [4.69, 9.17) is 18.9 Å². The van der Waals surface area contributed by atoms with E-state index in [1.807, 2.05) is 6.92 Å². The van der Waals surface area contributed by atoms with Crippen LogP contribution in [0.2, 0.25) is 0 Å². The lowest BCUT2D eigenvalue weighted by Gasteiger charge is -2.14. The van der Waals surface area contributed by atoms with Crippen LogP contribution in [-0.2, 0) is 20.7 Å². The molecule has 7 heteroatoms. The zero-order chi connectivity index (χ0) is 19.1. The first kappa shape index (κ1) is 19.9. The van der Waals surface area contributed by atoms with Gasteiger partial charge >= 0.3 is 5.97 Å². The van der Waals surface area contributed by atoms with E-state index in [9.17, 15) is 9.59 Å². The summed E-state index contributed by atoms with van der Waals surface area (Å²) >= 11 is 0. The van der Waals surface area contributed by atoms with E-state index in [0.29, 0.717) is 29.6 Å². The molecule has 1 aromatic rings. The molecule has 0 saturated heterocycles. The molecule has 1 fully saturated rings. The van der Waals surface area contributed by atoms with E-state index in [-0.39, 0.29) is 25.0 Å². The maximum atomic E-state index is 11.9. The minimum Gasteiger partial charge on any atom is -0.493 e. The molecule has 1 aromatic carbocycles. The van der Waals surface area contributed by atoms with Crippen LogP contribution in [0.5, 0.6) is 17.2 Å². The third kappa shape index (κ3) is 5.54. The SMILES string of the molecule is COc1cc(CCC(=O)OCC(=O)N[C@H](C)C2CC2)cc(OC)c1OC. The number of aryl methyl sites for hydroxylation is 1. The highest BCUT2D eigenvalue weighted by molar-refractivity contribution is 5.80. The molecule has 2 rings (SSSR count). The second kappa shape index (κ2) is 9.31. The van der Waals surface area contributed by atoms with E-state index in [0.717, 1.165) is 18.4 Å². The lowest BCUT2D eigenvalue weighted by Crippen LogP contribution is -2.37. The molecule has 1 aliphatic carbocycles. The molecule has 144 valence electrons. The van der Waals surface area contributed by atoms with Gasteiger partial charge in [-0.1, -0.05) is 0 Å². The molecular weight excluding hydrogens is 338 g/mol. The van der Waals surface area contributed by atoms with Gasteiger partial charge in [0, 0.05) is 12.5 Å². The molecule has 0 heterocycles. The summed E-state index contributed by atoms with van der Waals surface area (Å²) in [6.07, 6.45) is 2.89. The molecule has 0 unspecified atom stereocenters. The highest BCUT2D eigenvalue weighted by Gasteiger charge is 2.28. The Kier molecular flexibility index (Phi) is 7.12. The summed E-state index contributed by atoms with van der Waals surface area (Å²) in [6, 6.07) is 3.72. The maximum absolute atomic E-state index is 11.9.